The van der Waals surface area contributed by atoms with Crippen molar-refractivity contribution in [1.29, 1.82) is 0 Å². The van der Waals surface area contributed by atoms with Gasteiger partial charge in [0.15, 0.2) is 0 Å². The minimum Gasteiger partial charge on any atom is -0.340 e. The van der Waals surface area contributed by atoms with E-state index >= 15 is 0 Å². The molecule has 0 atom stereocenters. The van der Waals surface area contributed by atoms with Crippen LogP contribution in [0.5, 0.6) is 0 Å². The summed E-state index contributed by atoms with van der Waals surface area (Å²) in [6.07, 6.45) is 1.66. The number of carbonyl (C=O) groups excluding carboxylic acids is 1. The highest BCUT2D eigenvalue weighted by Crippen LogP contribution is 2.29. The monoisotopic (exact) mass is 269 g/mol. The molecule has 104 valence electrons. The summed E-state index contributed by atoms with van der Waals surface area (Å²) < 4.78 is 0. The van der Waals surface area contributed by atoms with Gasteiger partial charge < -0.3 is 10.2 Å². The first kappa shape index (κ1) is 14.1. The topological polar surface area (TPSA) is 44.7 Å². The number of hydrogen-bond acceptors (Lipinski definition) is 3. The van der Waals surface area contributed by atoms with Crippen LogP contribution >= 0.6 is 0 Å². The van der Waals surface area contributed by atoms with E-state index in [1.54, 1.807) is 6.20 Å². The van der Waals surface area contributed by atoms with Gasteiger partial charge in [0.2, 0.25) is 0 Å². The van der Waals surface area contributed by atoms with Gasteiger partial charge in [0.1, 0.15) is 0 Å². The van der Waals surface area contributed by atoms with Gasteiger partial charge in [0, 0.05) is 12.3 Å². The second-order valence-electron chi connectivity index (χ2n) is 4.78. The molecule has 1 aliphatic heterocycles. The Morgan fingerprint density at radius 2 is 2.10 bits per heavy atom. The second kappa shape index (κ2) is 5.74. The Kier molecular flexibility index (Phi) is 4.03. The molecule has 1 amide bonds. The summed E-state index contributed by atoms with van der Waals surface area (Å²) in [5, 5.41) is 2.88. The number of benzene rings is 1. The zero-order valence-corrected chi connectivity index (χ0v) is 12.1. The lowest BCUT2D eigenvalue weighted by atomic mass is 10.1. The zero-order chi connectivity index (χ0) is 14.7. The van der Waals surface area contributed by atoms with Crippen molar-refractivity contribution in [3.63, 3.8) is 0 Å². The normalized spacial score (nSPS) is 16.6. The van der Waals surface area contributed by atoms with Crippen molar-refractivity contribution in [2.24, 2.45) is 4.99 Å². The minimum atomic E-state index is -0.132. The van der Waals surface area contributed by atoms with E-state index in [0.717, 1.165) is 23.6 Å². The number of hydrogen-bond donors (Lipinski definition) is 1. The number of amides is 1. The van der Waals surface area contributed by atoms with Crippen molar-refractivity contribution in [1.82, 2.24) is 5.32 Å². The van der Waals surface area contributed by atoms with Crippen molar-refractivity contribution in [3.8, 4) is 0 Å². The maximum atomic E-state index is 12.3. The van der Waals surface area contributed by atoms with E-state index in [1.807, 2.05) is 49.9 Å². The third-order valence-electron chi connectivity index (χ3n) is 3.09. The van der Waals surface area contributed by atoms with Gasteiger partial charge in [0.05, 0.1) is 28.8 Å². The molecule has 0 radical (unpaired) electrons. The van der Waals surface area contributed by atoms with Gasteiger partial charge in [0.25, 0.3) is 5.91 Å². The second-order valence-corrected chi connectivity index (χ2v) is 4.78. The first-order valence-electron chi connectivity index (χ1n) is 6.63. The fourth-order valence-corrected chi connectivity index (χ4v) is 2.12. The van der Waals surface area contributed by atoms with Gasteiger partial charge >= 0.3 is 0 Å². The summed E-state index contributed by atoms with van der Waals surface area (Å²) in [6, 6.07) is 7.53. The summed E-state index contributed by atoms with van der Waals surface area (Å²) in [6.45, 7) is 10.7. The van der Waals surface area contributed by atoms with Crippen LogP contribution in [0.25, 0.3) is 0 Å². The van der Waals surface area contributed by atoms with Crippen LogP contribution in [-0.2, 0) is 0 Å². The Balaban J connectivity index is 2.53. The highest BCUT2D eigenvalue weighted by Gasteiger charge is 2.24. The molecule has 4 heteroatoms. The average Bonchev–Trinajstić information content (AvgIpc) is 2.53. The molecular formula is C16H19N3O. The van der Waals surface area contributed by atoms with E-state index in [0.29, 0.717) is 11.3 Å². The number of rotatable bonds is 2. The predicted octanol–water partition coefficient (Wildman–Crippen LogP) is 3.09. The first-order valence-corrected chi connectivity index (χ1v) is 6.63. The molecule has 0 aliphatic carbocycles. The molecule has 0 bridgehead atoms. The lowest BCUT2D eigenvalue weighted by molar-refractivity contribution is 0.0968. The SMILES string of the molecule is C=C1/C(=C\N=C(C)C)NC(=O)c2ccccc2N1CC. The third kappa shape index (κ3) is 2.64. The van der Waals surface area contributed by atoms with Crippen LogP contribution in [-0.4, -0.2) is 18.2 Å². The van der Waals surface area contributed by atoms with Gasteiger partial charge in [-0.25, -0.2) is 0 Å². The van der Waals surface area contributed by atoms with E-state index in [4.69, 9.17) is 0 Å². The van der Waals surface area contributed by atoms with Crippen molar-refractivity contribution < 1.29 is 4.79 Å². The number of anilines is 1. The third-order valence-corrected chi connectivity index (χ3v) is 3.09. The highest BCUT2D eigenvalue weighted by molar-refractivity contribution is 6.02. The molecule has 20 heavy (non-hydrogen) atoms. The molecule has 0 saturated heterocycles. The largest absolute Gasteiger partial charge is 0.340 e. The fraction of sp³-hybridized carbons (Fsp3) is 0.250. The van der Waals surface area contributed by atoms with Crippen molar-refractivity contribution in [2.75, 3.05) is 11.4 Å². The van der Waals surface area contributed by atoms with Crippen molar-refractivity contribution in [3.05, 3.63) is 54.0 Å². The molecular weight excluding hydrogens is 250 g/mol. The zero-order valence-electron chi connectivity index (χ0n) is 12.1. The van der Waals surface area contributed by atoms with Gasteiger partial charge in [-0.3, -0.25) is 9.79 Å². The van der Waals surface area contributed by atoms with E-state index in [9.17, 15) is 4.79 Å². The molecule has 1 aliphatic rings. The van der Waals surface area contributed by atoms with E-state index in [-0.39, 0.29) is 5.91 Å². The van der Waals surface area contributed by atoms with Crippen LogP contribution in [0.1, 0.15) is 31.1 Å². The molecule has 1 aromatic carbocycles. The number of nitrogens with zero attached hydrogens (tertiary/aromatic N) is 2. The highest BCUT2D eigenvalue weighted by atomic mass is 16.1. The Morgan fingerprint density at radius 1 is 1.40 bits per heavy atom. The van der Waals surface area contributed by atoms with Gasteiger partial charge in [-0.1, -0.05) is 18.7 Å². The van der Waals surface area contributed by atoms with Crippen LogP contribution in [0.3, 0.4) is 0 Å². The maximum Gasteiger partial charge on any atom is 0.257 e. The lowest BCUT2D eigenvalue weighted by Gasteiger charge is -2.24. The molecule has 1 heterocycles. The quantitative estimate of drug-likeness (QED) is 0.838. The Morgan fingerprint density at radius 3 is 2.75 bits per heavy atom. The van der Waals surface area contributed by atoms with E-state index in [2.05, 4.69) is 16.9 Å². The Bertz CT molecular complexity index is 610. The van der Waals surface area contributed by atoms with Gasteiger partial charge in [-0.15, -0.1) is 0 Å². The molecule has 0 fully saturated rings. The first-order chi connectivity index (χ1) is 9.54. The summed E-state index contributed by atoms with van der Waals surface area (Å²) in [4.78, 5) is 18.6. The molecule has 2 rings (SSSR count). The Hall–Kier alpha value is -2.36. The number of fused-ring (bicyclic) bond motifs is 1. The van der Waals surface area contributed by atoms with Crippen LogP contribution < -0.4 is 10.2 Å². The predicted molar refractivity (Wildman–Crippen MR) is 82.9 cm³/mol. The molecule has 1 N–H and O–H groups in total. The standard InChI is InChI=1S/C16H19N3O/c1-5-19-12(4)14(10-17-11(2)3)18-16(20)13-8-6-7-9-15(13)19/h6-10H,4-5H2,1-3H3,(H,18,20)/b14-10+. The molecule has 0 spiro atoms. The Labute approximate surface area is 119 Å². The number of carbonyl (C=O) groups is 1. The van der Waals surface area contributed by atoms with Gasteiger partial charge in [-0.05, 0) is 32.9 Å². The lowest BCUT2D eigenvalue weighted by Crippen LogP contribution is -2.25. The number of para-hydroxylation sites is 1. The van der Waals surface area contributed by atoms with Crippen LogP contribution in [0.15, 0.2) is 53.4 Å². The number of nitrogens with one attached hydrogen (secondary N) is 1. The maximum absolute atomic E-state index is 12.3. The van der Waals surface area contributed by atoms with Crippen molar-refractivity contribution >= 4 is 17.3 Å². The van der Waals surface area contributed by atoms with Gasteiger partial charge in [-0.2, -0.15) is 0 Å². The average molecular weight is 269 g/mol. The van der Waals surface area contributed by atoms with E-state index in [1.165, 1.54) is 0 Å². The number of aliphatic imine (C=N–C) groups is 1. The fourth-order valence-electron chi connectivity index (χ4n) is 2.12. The molecule has 1 aromatic rings. The smallest absolute Gasteiger partial charge is 0.257 e. The molecule has 0 unspecified atom stereocenters. The van der Waals surface area contributed by atoms with Crippen molar-refractivity contribution in [2.45, 2.75) is 20.8 Å². The summed E-state index contributed by atoms with van der Waals surface area (Å²) in [7, 11) is 0. The summed E-state index contributed by atoms with van der Waals surface area (Å²) >= 11 is 0. The van der Waals surface area contributed by atoms with Crippen LogP contribution in [0.2, 0.25) is 0 Å². The number of likely N-dealkylation sites (N-methyl/N-ethyl adjacent to an activating group) is 1. The summed E-state index contributed by atoms with van der Waals surface area (Å²) in [5.74, 6) is -0.132. The molecule has 0 saturated carbocycles. The molecule has 0 aromatic heterocycles. The van der Waals surface area contributed by atoms with Crippen LogP contribution in [0, 0.1) is 0 Å². The summed E-state index contributed by atoms with van der Waals surface area (Å²) in [5.41, 5.74) is 3.82. The molecule has 4 nitrogen and oxygen atoms in total. The van der Waals surface area contributed by atoms with Crippen LogP contribution in [0.4, 0.5) is 5.69 Å². The minimum absolute atomic E-state index is 0.132. The van der Waals surface area contributed by atoms with E-state index < -0.39 is 0 Å².